The van der Waals surface area contributed by atoms with Crippen molar-refractivity contribution >= 4 is 0 Å². The van der Waals surface area contributed by atoms with Crippen LogP contribution >= 0.6 is 0 Å². The smallest absolute Gasteiger partial charge is 0.0693 e. The Bertz CT molecular complexity index is 463. The molecular formula is C18H25N. The summed E-state index contributed by atoms with van der Waals surface area (Å²) in [6, 6.07) is 9.15. The maximum absolute atomic E-state index is 9.75. The highest BCUT2D eigenvalue weighted by atomic mass is 14.4. The first-order valence-electron chi connectivity index (χ1n) is 7.56. The molecule has 0 aliphatic heterocycles. The molecule has 0 amide bonds. The van der Waals surface area contributed by atoms with E-state index in [1.54, 1.807) is 0 Å². The summed E-state index contributed by atoms with van der Waals surface area (Å²) in [6.45, 7) is 6.61. The van der Waals surface area contributed by atoms with Crippen molar-refractivity contribution in [3.05, 3.63) is 34.9 Å². The van der Waals surface area contributed by atoms with E-state index in [9.17, 15) is 5.26 Å². The summed E-state index contributed by atoms with van der Waals surface area (Å²) in [5, 5.41) is 9.75. The van der Waals surface area contributed by atoms with Crippen LogP contribution in [0.4, 0.5) is 0 Å². The Morgan fingerprint density at radius 3 is 2.58 bits per heavy atom. The molecule has 1 aromatic rings. The van der Waals surface area contributed by atoms with E-state index in [1.807, 2.05) is 0 Å². The lowest BCUT2D eigenvalue weighted by Crippen LogP contribution is -2.30. The number of hydrogen-bond acceptors (Lipinski definition) is 1. The van der Waals surface area contributed by atoms with E-state index in [-0.39, 0.29) is 5.41 Å². The van der Waals surface area contributed by atoms with Gasteiger partial charge >= 0.3 is 0 Å². The summed E-state index contributed by atoms with van der Waals surface area (Å²) in [4.78, 5) is 0. The highest BCUT2D eigenvalue weighted by molar-refractivity contribution is 5.35. The summed E-state index contributed by atoms with van der Waals surface area (Å²) < 4.78 is 0. The van der Waals surface area contributed by atoms with Crippen LogP contribution in [0.5, 0.6) is 0 Å². The molecule has 1 heteroatoms. The van der Waals surface area contributed by atoms with Crippen LogP contribution in [0.15, 0.2) is 18.2 Å². The molecule has 0 bridgehead atoms. The molecule has 0 aromatic heterocycles. The van der Waals surface area contributed by atoms with Gasteiger partial charge in [-0.15, -0.1) is 0 Å². The fourth-order valence-corrected chi connectivity index (χ4v) is 3.60. The molecule has 1 nitrogen and oxygen atoms in total. The van der Waals surface area contributed by atoms with Crippen LogP contribution in [-0.2, 0) is 6.42 Å². The standard InChI is InChI=1S/C18H25N/c1-4-16-9-6-10-18(11-16,13-19)12-17-14(2)7-5-8-15(17)3/h5,7-8,16H,4,6,9-12H2,1-3H3. The molecule has 1 aromatic carbocycles. The summed E-state index contributed by atoms with van der Waals surface area (Å²) in [5.74, 6) is 0.748. The molecule has 1 aliphatic carbocycles. The highest BCUT2D eigenvalue weighted by Crippen LogP contribution is 2.43. The summed E-state index contributed by atoms with van der Waals surface area (Å²) in [7, 11) is 0. The zero-order chi connectivity index (χ0) is 13.9. The second-order valence-electron chi connectivity index (χ2n) is 6.31. The monoisotopic (exact) mass is 255 g/mol. The third kappa shape index (κ3) is 3.00. The van der Waals surface area contributed by atoms with E-state index in [0.29, 0.717) is 0 Å². The fourth-order valence-electron chi connectivity index (χ4n) is 3.60. The molecular weight excluding hydrogens is 230 g/mol. The van der Waals surface area contributed by atoms with Crippen LogP contribution in [0, 0.1) is 36.5 Å². The molecule has 0 radical (unpaired) electrons. The molecule has 0 heterocycles. The van der Waals surface area contributed by atoms with Crippen molar-refractivity contribution < 1.29 is 0 Å². The molecule has 1 aliphatic rings. The number of nitriles is 1. The van der Waals surface area contributed by atoms with Crippen molar-refractivity contribution in [1.82, 2.24) is 0 Å². The van der Waals surface area contributed by atoms with Crippen molar-refractivity contribution in [3.8, 4) is 6.07 Å². The summed E-state index contributed by atoms with van der Waals surface area (Å²) in [6.07, 6.45) is 6.86. The molecule has 0 N–H and O–H groups in total. The molecule has 2 atom stereocenters. The highest BCUT2D eigenvalue weighted by Gasteiger charge is 2.36. The van der Waals surface area contributed by atoms with Crippen LogP contribution in [0.2, 0.25) is 0 Å². The summed E-state index contributed by atoms with van der Waals surface area (Å²) in [5.41, 5.74) is 3.97. The molecule has 0 spiro atoms. The minimum atomic E-state index is -0.115. The number of nitrogens with zero attached hydrogens (tertiary/aromatic N) is 1. The Labute approximate surface area is 117 Å². The molecule has 2 unspecified atom stereocenters. The van der Waals surface area contributed by atoms with Gasteiger partial charge in [-0.2, -0.15) is 5.26 Å². The second kappa shape index (κ2) is 5.78. The van der Waals surface area contributed by atoms with Gasteiger partial charge in [0.25, 0.3) is 0 Å². The van der Waals surface area contributed by atoms with Crippen molar-refractivity contribution in [1.29, 1.82) is 5.26 Å². The lowest BCUT2D eigenvalue weighted by atomic mass is 9.66. The van der Waals surface area contributed by atoms with Gasteiger partial charge in [0.05, 0.1) is 11.5 Å². The zero-order valence-electron chi connectivity index (χ0n) is 12.5. The molecule has 0 saturated heterocycles. The van der Waals surface area contributed by atoms with Gasteiger partial charge in [0.15, 0.2) is 0 Å². The predicted molar refractivity (Wildman–Crippen MR) is 79.9 cm³/mol. The maximum atomic E-state index is 9.75. The summed E-state index contributed by atoms with van der Waals surface area (Å²) >= 11 is 0. The minimum Gasteiger partial charge on any atom is -0.198 e. The first kappa shape index (κ1) is 14.1. The van der Waals surface area contributed by atoms with E-state index in [0.717, 1.165) is 25.2 Å². The van der Waals surface area contributed by atoms with Crippen LogP contribution in [0.1, 0.15) is 55.7 Å². The normalized spacial score (nSPS) is 26.9. The number of rotatable bonds is 3. The largest absolute Gasteiger partial charge is 0.198 e. The van der Waals surface area contributed by atoms with Gasteiger partial charge in [-0.05, 0) is 55.7 Å². The van der Waals surface area contributed by atoms with Crippen molar-refractivity contribution in [3.63, 3.8) is 0 Å². The molecule has 1 fully saturated rings. The zero-order valence-corrected chi connectivity index (χ0v) is 12.5. The van der Waals surface area contributed by atoms with E-state index in [1.165, 1.54) is 36.0 Å². The Hall–Kier alpha value is -1.29. The number of benzene rings is 1. The Kier molecular flexibility index (Phi) is 4.30. The maximum Gasteiger partial charge on any atom is 0.0693 e. The quantitative estimate of drug-likeness (QED) is 0.749. The van der Waals surface area contributed by atoms with Crippen molar-refractivity contribution in [2.75, 3.05) is 0 Å². The van der Waals surface area contributed by atoms with Gasteiger partial charge in [-0.3, -0.25) is 0 Å². The molecule has 2 rings (SSSR count). The van der Waals surface area contributed by atoms with Gasteiger partial charge in [-0.1, -0.05) is 44.4 Å². The van der Waals surface area contributed by atoms with Gasteiger partial charge < -0.3 is 0 Å². The fraction of sp³-hybridized carbons (Fsp3) is 0.611. The average molecular weight is 255 g/mol. The van der Waals surface area contributed by atoms with Crippen LogP contribution in [-0.4, -0.2) is 0 Å². The molecule has 1 saturated carbocycles. The predicted octanol–water partition coefficient (Wildman–Crippen LogP) is 4.96. The van der Waals surface area contributed by atoms with Crippen LogP contribution in [0.25, 0.3) is 0 Å². The van der Waals surface area contributed by atoms with Gasteiger partial charge in [0.2, 0.25) is 0 Å². The van der Waals surface area contributed by atoms with Gasteiger partial charge in [0.1, 0.15) is 0 Å². The SMILES string of the molecule is CCC1CCCC(C#N)(Cc2c(C)cccc2C)C1. The topological polar surface area (TPSA) is 23.8 Å². The Morgan fingerprint density at radius 1 is 1.32 bits per heavy atom. The third-order valence-corrected chi connectivity index (χ3v) is 4.92. The number of hydrogen-bond donors (Lipinski definition) is 0. The molecule has 102 valence electrons. The lowest BCUT2D eigenvalue weighted by molar-refractivity contribution is 0.193. The van der Waals surface area contributed by atoms with Gasteiger partial charge in [-0.25, -0.2) is 0 Å². The number of aryl methyl sites for hydroxylation is 2. The van der Waals surface area contributed by atoms with E-state index in [4.69, 9.17) is 0 Å². The van der Waals surface area contributed by atoms with Gasteiger partial charge in [0, 0.05) is 0 Å². The average Bonchev–Trinajstić information content (AvgIpc) is 2.43. The molecule has 19 heavy (non-hydrogen) atoms. The van der Waals surface area contributed by atoms with Crippen molar-refractivity contribution in [2.24, 2.45) is 11.3 Å². The second-order valence-corrected chi connectivity index (χ2v) is 6.31. The Balaban J connectivity index is 2.26. The van der Waals surface area contributed by atoms with Crippen molar-refractivity contribution in [2.45, 2.75) is 59.3 Å². The lowest BCUT2D eigenvalue weighted by Gasteiger charge is -2.36. The van der Waals surface area contributed by atoms with Crippen LogP contribution < -0.4 is 0 Å². The van der Waals surface area contributed by atoms with E-state index in [2.05, 4.69) is 45.0 Å². The Morgan fingerprint density at radius 2 is 2.00 bits per heavy atom. The van der Waals surface area contributed by atoms with Crippen LogP contribution in [0.3, 0.4) is 0 Å². The van der Waals surface area contributed by atoms with E-state index >= 15 is 0 Å². The third-order valence-electron chi connectivity index (χ3n) is 4.92. The minimum absolute atomic E-state index is 0.115. The first-order chi connectivity index (χ1) is 9.10. The van der Waals surface area contributed by atoms with E-state index < -0.39 is 0 Å². The first-order valence-corrected chi connectivity index (χ1v) is 7.56.